The van der Waals surface area contributed by atoms with Gasteiger partial charge in [0.2, 0.25) is 9.84 Å². The number of sulfone groups is 1. The predicted octanol–water partition coefficient (Wildman–Crippen LogP) is 5.50. The van der Waals surface area contributed by atoms with Crippen molar-refractivity contribution in [3.63, 3.8) is 0 Å². The Kier molecular flexibility index (Phi) is 6.41. The maximum absolute atomic E-state index is 13.5. The van der Waals surface area contributed by atoms with Gasteiger partial charge >= 0.3 is 0 Å². The van der Waals surface area contributed by atoms with Gasteiger partial charge in [0, 0.05) is 6.54 Å². The Morgan fingerprint density at radius 1 is 0.906 bits per heavy atom. The lowest BCUT2D eigenvalue weighted by Gasteiger charge is -2.08. The van der Waals surface area contributed by atoms with Gasteiger partial charge in [-0.15, -0.1) is 0 Å². The minimum absolute atomic E-state index is 0.0285. The van der Waals surface area contributed by atoms with Crippen LogP contribution in [0, 0.1) is 5.82 Å². The number of halogens is 1. The predicted molar refractivity (Wildman–Crippen MR) is 125 cm³/mol. The lowest BCUT2D eigenvalue weighted by molar-refractivity contribution is 0.565. The standard InChI is InChI=1S/C24H27FN4O2S/c1-2-3-4-5-6-9-16-29-23(26)22(32(30,31)18-14-12-17(25)13-15-18)21-24(29)28-20-11-8-7-10-19(20)27-21/h7-8,10-15H,2-6,9,16,26H2,1H3. The first-order chi connectivity index (χ1) is 15.4. The molecule has 0 fully saturated rings. The summed E-state index contributed by atoms with van der Waals surface area (Å²) in [5.74, 6) is -0.388. The first-order valence-electron chi connectivity index (χ1n) is 11.0. The van der Waals surface area contributed by atoms with Crippen LogP contribution in [0.2, 0.25) is 0 Å². The van der Waals surface area contributed by atoms with Crippen molar-refractivity contribution in [2.24, 2.45) is 0 Å². The molecule has 2 heterocycles. The molecule has 0 saturated carbocycles. The minimum Gasteiger partial charge on any atom is -0.384 e. The average molecular weight is 455 g/mol. The van der Waals surface area contributed by atoms with Gasteiger partial charge in [0.1, 0.15) is 22.0 Å². The van der Waals surface area contributed by atoms with Gasteiger partial charge in [-0.05, 0) is 42.8 Å². The number of nitrogens with zero attached hydrogens (tertiary/aromatic N) is 3. The second-order valence-electron chi connectivity index (χ2n) is 7.98. The summed E-state index contributed by atoms with van der Waals surface area (Å²) < 4.78 is 42.1. The van der Waals surface area contributed by atoms with Gasteiger partial charge in [0.25, 0.3) is 0 Å². The summed E-state index contributed by atoms with van der Waals surface area (Å²) >= 11 is 0. The number of anilines is 1. The third-order valence-electron chi connectivity index (χ3n) is 5.67. The van der Waals surface area contributed by atoms with Gasteiger partial charge in [0.15, 0.2) is 5.65 Å². The number of benzene rings is 2. The zero-order chi connectivity index (χ0) is 22.7. The van der Waals surface area contributed by atoms with Gasteiger partial charge in [-0.2, -0.15) is 0 Å². The van der Waals surface area contributed by atoms with E-state index in [9.17, 15) is 12.8 Å². The molecular weight excluding hydrogens is 427 g/mol. The van der Waals surface area contributed by atoms with Crippen molar-refractivity contribution >= 4 is 37.9 Å². The van der Waals surface area contributed by atoms with Gasteiger partial charge in [-0.25, -0.2) is 22.8 Å². The maximum atomic E-state index is 13.5. The van der Waals surface area contributed by atoms with Gasteiger partial charge < -0.3 is 10.3 Å². The number of unbranched alkanes of at least 4 members (excludes halogenated alkanes) is 5. The van der Waals surface area contributed by atoms with Crippen LogP contribution in [0.5, 0.6) is 0 Å². The van der Waals surface area contributed by atoms with Gasteiger partial charge in [-0.3, -0.25) is 0 Å². The van der Waals surface area contributed by atoms with Crippen LogP contribution in [-0.2, 0) is 16.4 Å². The molecule has 4 rings (SSSR count). The van der Waals surface area contributed by atoms with Crippen LogP contribution in [-0.4, -0.2) is 23.0 Å². The van der Waals surface area contributed by atoms with E-state index >= 15 is 0 Å². The molecule has 0 atom stereocenters. The number of aromatic nitrogens is 3. The Labute approximate surface area is 187 Å². The minimum atomic E-state index is -4.02. The van der Waals surface area contributed by atoms with Crippen LogP contribution in [0.15, 0.2) is 58.3 Å². The molecule has 168 valence electrons. The smallest absolute Gasteiger partial charge is 0.212 e. The molecule has 0 aliphatic heterocycles. The molecule has 0 aliphatic carbocycles. The number of aryl methyl sites for hydroxylation is 1. The van der Waals surface area contributed by atoms with E-state index in [2.05, 4.69) is 11.9 Å². The quantitative estimate of drug-likeness (QED) is 0.266. The third-order valence-corrected chi connectivity index (χ3v) is 7.51. The summed E-state index contributed by atoms with van der Waals surface area (Å²) in [5, 5.41) is 0. The molecule has 0 saturated heterocycles. The normalized spacial score (nSPS) is 12.1. The summed E-state index contributed by atoms with van der Waals surface area (Å²) in [6.07, 6.45) is 6.60. The Morgan fingerprint density at radius 3 is 2.22 bits per heavy atom. The Balaban J connectivity index is 1.82. The summed E-state index contributed by atoms with van der Waals surface area (Å²) in [6.45, 7) is 2.74. The van der Waals surface area contributed by atoms with Crippen molar-refractivity contribution in [2.75, 3.05) is 5.73 Å². The fourth-order valence-corrected chi connectivity index (χ4v) is 5.47. The van der Waals surface area contributed by atoms with E-state index in [1.54, 1.807) is 10.6 Å². The fourth-order valence-electron chi connectivity index (χ4n) is 3.96. The number of rotatable bonds is 9. The number of fused-ring (bicyclic) bond motifs is 2. The zero-order valence-corrected chi connectivity index (χ0v) is 18.9. The van der Waals surface area contributed by atoms with Crippen molar-refractivity contribution in [2.45, 2.75) is 61.8 Å². The second kappa shape index (κ2) is 9.24. The van der Waals surface area contributed by atoms with E-state index in [-0.39, 0.29) is 21.1 Å². The monoisotopic (exact) mass is 454 g/mol. The van der Waals surface area contributed by atoms with Gasteiger partial charge in [-0.1, -0.05) is 51.2 Å². The number of hydrogen-bond donors (Lipinski definition) is 1. The van der Waals surface area contributed by atoms with Crippen molar-refractivity contribution in [3.05, 3.63) is 54.3 Å². The molecule has 8 heteroatoms. The summed E-state index contributed by atoms with van der Waals surface area (Å²) in [5.41, 5.74) is 8.39. The highest BCUT2D eigenvalue weighted by Gasteiger charge is 2.30. The summed E-state index contributed by atoms with van der Waals surface area (Å²) in [4.78, 5) is 9.23. The zero-order valence-electron chi connectivity index (χ0n) is 18.1. The second-order valence-corrected chi connectivity index (χ2v) is 9.86. The molecule has 2 aromatic carbocycles. The van der Waals surface area contributed by atoms with E-state index in [1.165, 1.54) is 31.4 Å². The molecule has 0 spiro atoms. The van der Waals surface area contributed by atoms with E-state index in [0.29, 0.717) is 23.2 Å². The van der Waals surface area contributed by atoms with Crippen molar-refractivity contribution in [1.82, 2.24) is 14.5 Å². The van der Waals surface area contributed by atoms with E-state index in [4.69, 9.17) is 10.7 Å². The lowest BCUT2D eigenvalue weighted by atomic mass is 10.1. The number of para-hydroxylation sites is 2. The Bertz CT molecular complexity index is 1350. The van der Waals surface area contributed by atoms with Crippen LogP contribution in [0.3, 0.4) is 0 Å². The molecule has 2 aromatic heterocycles. The molecule has 0 unspecified atom stereocenters. The first kappa shape index (κ1) is 22.2. The highest BCUT2D eigenvalue weighted by molar-refractivity contribution is 7.92. The van der Waals surface area contributed by atoms with E-state index in [0.717, 1.165) is 31.4 Å². The van der Waals surface area contributed by atoms with Crippen molar-refractivity contribution < 1.29 is 12.8 Å². The average Bonchev–Trinajstić information content (AvgIpc) is 3.05. The van der Waals surface area contributed by atoms with Crippen molar-refractivity contribution in [3.8, 4) is 0 Å². The molecule has 0 bridgehead atoms. The maximum Gasteiger partial charge on any atom is 0.212 e. The van der Waals surface area contributed by atoms with Crippen LogP contribution in [0.1, 0.15) is 45.4 Å². The molecule has 6 nitrogen and oxygen atoms in total. The molecular formula is C24H27FN4O2S. The molecule has 4 aromatic rings. The molecule has 32 heavy (non-hydrogen) atoms. The van der Waals surface area contributed by atoms with Crippen molar-refractivity contribution in [1.29, 1.82) is 0 Å². The van der Waals surface area contributed by atoms with E-state index in [1.807, 2.05) is 18.2 Å². The molecule has 2 N–H and O–H groups in total. The topological polar surface area (TPSA) is 90.9 Å². The molecule has 0 radical (unpaired) electrons. The number of hydrogen-bond acceptors (Lipinski definition) is 5. The van der Waals surface area contributed by atoms with Crippen LogP contribution in [0.4, 0.5) is 10.2 Å². The third kappa shape index (κ3) is 4.19. The summed E-state index contributed by atoms with van der Waals surface area (Å²) in [7, 11) is -4.02. The lowest BCUT2D eigenvalue weighted by Crippen LogP contribution is -2.08. The molecule has 0 aliphatic rings. The van der Waals surface area contributed by atoms with Gasteiger partial charge in [0.05, 0.1) is 15.9 Å². The highest BCUT2D eigenvalue weighted by Crippen LogP contribution is 2.35. The Hall–Kier alpha value is -3.00. The SMILES string of the molecule is CCCCCCCCn1c(N)c(S(=O)(=O)c2ccc(F)cc2)c2nc3ccccc3nc21. The van der Waals surface area contributed by atoms with Crippen LogP contribution in [0.25, 0.3) is 22.2 Å². The Morgan fingerprint density at radius 2 is 1.53 bits per heavy atom. The largest absolute Gasteiger partial charge is 0.384 e. The highest BCUT2D eigenvalue weighted by atomic mass is 32.2. The number of nitrogen functional groups attached to an aromatic ring is 1. The fraction of sp³-hybridized carbons (Fsp3) is 0.333. The number of nitrogens with two attached hydrogens (primary N) is 1. The first-order valence-corrected chi connectivity index (χ1v) is 12.5. The summed E-state index contributed by atoms with van der Waals surface area (Å²) in [6, 6.07) is 12.1. The van der Waals surface area contributed by atoms with Crippen LogP contribution >= 0.6 is 0 Å². The van der Waals surface area contributed by atoms with E-state index < -0.39 is 15.7 Å². The van der Waals surface area contributed by atoms with Crippen LogP contribution < -0.4 is 5.73 Å². The molecule has 0 amide bonds.